The summed E-state index contributed by atoms with van der Waals surface area (Å²) in [5.41, 5.74) is 5.61. The first-order valence-corrected chi connectivity index (χ1v) is 4.89. The third-order valence-corrected chi connectivity index (χ3v) is 2.74. The number of nitrogens with zero attached hydrogens (tertiary/aromatic N) is 1. The molecule has 0 fully saturated rings. The second-order valence-corrected chi connectivity index (χ2v) is 3.76. The van der Waals surface area contributed by atoms with Gasteiger partial charge in [-0.05, 0) is 18.2 Å². The highest BCUT2D eigenvalue weighted by Crippen LogP contribution is 2.31. The molecule has 4 heteroatoms. The molecule has 0 aliphatic heterocycles. The van der Waals surface area contributed by atoms with E-state index in [-0.39, 0.29) is 0 Å². The van der Waals surface area contributed by atoms with Gasteiger partial charge in [0.1, 0.15) is 11.6 Å². The molecule has 2 aromatic rings. The van der Waals surface area contributed by atoms with Crippen LogP contribution in [0.4, 0.5) is 5.82 Å². The third-order valence-electron chi connectivity index (χ3n) is 2.05. The molecule has 0 amide bonds. The molecule has 0 saturated carbocycles. The highest BCUT2D eigenvalue weighted by Gasteiger charge is 2.05. The van der Waals surface area contributed by atoms with Crippen molar-refractivity contribution in [2.45, 2.75) is 0 Å². The van der Waals surface area contributed by atoms with E-state index in [0.717, 1.165) is 21.0 Å². The van der Waals surface area contributed by atoms with Crippen molar-refractivity contribution < 1.29 is 4.74 Å². The largest absolute Gasteiger partial charge is 0.496 e. The summed E-state index contributed by atoms with van der Waals surface area (Å²) in [6, 6.07) is 5.65. The second-order valence-electron chi connectivity index (χ2n) is 2.90. The Morgan fingerprint density at radius 3 is 2.86 bits per heavy atom. The van der Waals surface area contributed by atoms with Crippen LogP contribution in [0, 0.1) is 0 Å². The fraction of sp³-hybridized carbons (Fsp3) is 0.100. The number of pyridine rings is 1. The van der Waals surface area contributed by atoms with Gasteiger partial charge in [-0.1, -0.05) is 15.9 Å². The van der Waals surface area contributed by atoms with Gasteiger partial charge in [0.05, 0.1) is 7.11 Å². The number of rotatable bonds is 1. The number of benzene rings is 1. The molecule has 0 radical (unpaired) electrons. The molecule has 2 rings (SSSR count). The minimum absolute atomic E-state index is 0.506. The van der Waals surface area contributed by atoms with Crippen molar-refractivity contribution >= 4 is 32.5 Å². The van der Waals surface area contributed by atoms with E-state index in [0.29, 0.717) is 5.82 Å². The molecule has 1 aromatic heterocycles. The van der Waals surface area contributed by atoms with Crippen molar-refractivity contribution in [3.63, 3.8) is 0 Å². The predicted octanol–water partition coefficient (Wildman–Crippen LogP) is 2.59. The lowest BCUT2D eigenvalue weighted by Crippen LogP contribution is -1.91. The number of anilines is 1. The van der Waals surface area contributed by atoms with Gasteiger partial charge in [-0.25, -0.2) is 4.98 Å². The standard InChI is InChI=1S/C10H9BrN2O/c1-14-9-3-2-8(11)6-4-10(12)13-5-7(6)9/h2-5H,1H3,(H2,12,13). The van der Waals surface area contributed by atoms with Crippen LogP contribution in [0.15, 0.2) is 28.9 Å². The first-order chi connectivity index (χ1) is 6.72. The number of nitrogens with two attached hydrogens (primary N) is 1. The minimum atomic E-state index is 0.506. The molecule has 0 aliphatic carbocycles. The van der Waals surface area contributed by atoms with E-state index < -0.39 is 0 Å². The van der Waals surface area contributed by atoms with Gasteiger partial charge in [0.2, 0.25) is 0 Å². The van der Waals surface area contributed by atoms with Gasteiger partial charge < -0.3 is 10.5 Å². The lowest BCUT2D eigenvalue weighted by Gasteiger charge is -2.06. The van der Waals surface area contributed by atoms with Crippen LogP contribution in [0.2, 0.25) is 0 Å². The Morgan fingerprint density at radius 2 is 2.14 bits per heavy atom. The number of nitrogen functional groups attached to an aromatic ring is 1. The molecule has 72 valence electrons. The topological polar surface area (TPSA) is 48.1 Å². The normalized spacial score (nSPS) is 10.4. The lowest BCUT2D eigenvalue weighted by molar-refractivity contribution is 0.419. The van der Waals surface area contributed by atoms with Crippen LogP contribution in [0.3, 0.4) is 0 Å². The fourth-order valence-electron chi connectivity index (χ4n) is 1.37. The molecule has 1 aromatic carbocycles. The Labute approximate surface area is 90.0 Å². The molecule has 0 atom stereocenters. The van der Waals surface area contributed by atoms with Gasteiger partial charge >= 0.3 is 0 Å². The van der Waals surface area contributed by atoms with E-state index in [1.165, 1.54) is 0 Å². The van der Waals surface area contributed by atoms with Crippen LogP contribution in [-0.4, -0.2) is 12.1 Å². The zero-order chi connectivity index (χ0) is 10.1. The highest BCUT2D eigenvalue weighted by atomic mass is 79.9. The average molecular weight is 253 g/mol. The van der Waals surface area contributed by atoms with Crippen LogP contribution >= 0.6 is 15.9 Å². The maximum absolute atomic E-state index is 5.61. The van der Waals surface area contributed by atoms with Gasteiger partial charge in [-0.15, -0.1) is 0 Å². The first kappa shape index (κ1) is 9.27. The van der Waals surface area contributed by atoms with Crippen LogP contribution < -0.4 is 10.5 Å². The third kappa shape index (κ3) is 1.42. The Hall–Kier alpha value is -1.29. The van der Waals surface area contributed by atoms with E-state index in [1.54, 1.807) is 13.3 Å². The van der Waals surface area contributed by atoms with E-state index >= 15 is 0 Å². The lowest BCUT2D eigenvalue weighted by atomic mass is 10.1. The Balaban J connectivity index is 2.84. The molecular weight excluding hydrogens is 244 g/mol. The van der Waals surface area contributed by atoms with Crippen LogP contribution in [0.25, 0.3) is 10.8 Å². The molecule has 2 N–H and O–H groups in total. The summed E-state index contributed by atoms with van der Waals surface area (Å²) in [7, 11) is 1.64. The summed E-state index contributed by atoms with van der Waals surface area (Å²) < 4.78 is 6.21. The number of fused-ring (bicyclic) bond motifs is 1. The quantitative estimate of drug-likeness (QED) is 0.849. The zero-order valence-electron chi connectivity index (χ0n) is 7.62. The summed E-state index contributed by atoms with van der Waals surface area (Å²) >= 11 is 3.46. The average Bonchev–Trinajstić information content (AvgIpc) is 2.19. The zero-order valence-corrected chi connectivity index (χ0v) is 9.21. The summed E-state index contributed by atoms with van der Waals surface area (Å²) in [5, 5.41) is 1.97. The summed E-state index contributed by atoms with van der Waals surface area (Å²) in [6.07, 6.45) is 1.72. The van der Waals surface area contributed by atoms with Crippen molar-refractivity contribution in [2.75, 3.05) is 12.8 Å². The summed E-state index contributed by atoms with van der Waals surface area (Å²) in [4.78, 5) is 4.03. The summed E-state index contributed by atoms with van der Waals surface area (Å²) in [6.45, 7) is 0. The Kier molecular flexibility index (Phi) is 2.29. The molecule has 0 aliphatic rings. The Bertz CT molecular complexity index is 485. The van der Waals surface area contributed by atoms with E-state index in [1.807, 2.05) is 18.2 Å². The maximum Gasteiger partial charge on any atom is 0.128 e. The molecule has 0 bridgehead atoms. The monoisotopic (exact) mass is 252 g/mol. The van der Waals surface area contributed by atoms with Gasteiger partial charge in [0.15, 0.2) is 0 Å². The van der Waals surface area contributed by atoms with Crippen molar-refractivity contribution in [3.8, 4) is 5.75 Å². The molecule has 3 nitrogen and oxygen atoms in total. The van der Waals surface area contributed by atoms with Crippen molar-refractivity contribution in [3.05, 3.63) is 28.9 Å². The number of halogens is 1. The predicted molar refractivity (Wildman–Crippen MR) is 60.4 cm³/mol. The van der Waals surface area contributed by atoms with Gasteiger partial charge in [-0.3, -0.25) is 0 Å². The number of ether oxygens (including phenoxy) is 1. The van der Waals surface area contributed by atoms with E-state index in [2.05, 4.69) is 20.9 Å². The van der Waals surface area contributed by atoms with Crippen molar-refractivity contribution in [1.82, 2.24) is 4.98 Å². The molecule has 1 heterocycles. The molecular formula is C10H9BrN2O. The maximum atomic E-state index is 5.61. The van der Waals surface area contributed by atoms with Crippen LogP contribution in [0.1, 0.15) is 0 Å². The molecule has 0 saturated heterocycles. The number of methoxy groups -OCH3 is 1. The van der Waals surface area contributed by atoms with Crippen LogP contribution in [-0.2, 0) is 0 Å². The second kappa shape index (κ2) is 3.46. The van der Waals surface area contributed by atoms with E-state index in [9.17, 15) is 0 Å². The molecule has 0 unspecified atom stereocenters. The first-order valence-electron chi connectivity index (χ1n) is 4.10. The van der Waals surface area contributed by atoms with Gasteiger partial charge in [0, 0.05) is 21.4 Å². The highest BCUT2D eigenvalue weighted by molar-refractivity contribution is 9.10. The number of hydrogen-bond acceptors (Lipinski definition) is 3. The van der Waals surface area contributed by atoms with Crippen molar-refractivity contribution in [2.24, 2.45) is 0 Å². The fourth-order valence-corrected chi connectivity index (χ4v) is 1.83. The number of hydrogen-bond donors (Lipinski definition) is 1. The molecule has 14 heavy (non-hydrogen) atoms. The smallest absolute Gasteiger partial charge is 0.128 e. The minimum Gasteiger partial charge on any atom is -0.496 e. The molecule has 0 spiro atoms. The SMILES string of the molecule is COc1ccc(Br)c2cc(N)ncc12. The van der Waals surface area contributed by atoms with Gasteiger partial charge in [0.25, 0.3) is 0 Å². The Morgan fingerprint density at radius 1 is 1.36 bits per heavy atom. The van der Waals surface area contributed by atoms with Gasteiger partial charge in [-0.2, -0.15) is 0 Å². The summed E-state index contributed by atoms with van der Waals surface area (Å²) in [5.74, 6) is 1.31. The van der Waals surface area contributed by atoms with Crippen LogP contribution in [0.5, 0.6) is 5.75 Å². The van der Waals surface area contributed by atoms with Crippen molar-refractivity contribution in [1.29, 1.82) is 0 Å². The van der Waals surface area contributed by atoms with E-state index in [4.69, 9.17) is 10.5 Å². The number of aromatic nitrogens is 1.